The van der Waals surface area contributed by atoms with Crippen LogP contribution in [-0.2, 0) is 4.74 Å². The molecule has 1 nitrogen and oxygen atoms in total. The molecule has 1 aliphatic rings. The first-order valence-electron chi connectivity index (χ1n) is 3.49. The van der Waals surface area contributed by atoms with Crippen LogP contribution in [0, 0.1) is 5.41 Å². The van der Waals surface area contributed by atoms with Crippen molar-refractivity contribution < 1.29 is 17.9 Å². The van der Waals surface area contributed by atoms with Gasteiger partial charge in [-0.15, -0.1) is 0 Å². The topological polar surface area (TPSA) is 12.5 Å². The predicted molar refractivity (Wildman–Crippen MR) is 34.2 cm³/mol. The molecule has 0 bridgehead atoms. The van der Waals surface area contributed by atoms with Crippen LogP contribution >= 0.6 is 0 Å². The Morgan fingerprint density at radius 1 is 1.18 bits per heavy atom. The lowest BCUT2D eigenvalue weighted by Crippen LogP contribution is -2.37. The molecular weight excluding hydrogens is 157 g/mol. The van der Waals surface area contributed by atoms with E-state index in [1.807, 2.05) is 0 Å². The summed E-state index contributed by atoms with van der Waals surface area (Å²) in [5.74, 6) is 0. The molecule has 2 atom stereocenters. The van der Waals surface area contributed by atoms with E-state index in [0.29, 0.717) is 0 Å². The van der Waals surface area contributed by atoms with Gasteiger partial charge in [0.25, 0.3) is 0 Å². The maximum absolute atomic E-state index is 12.2. The molecule has 0 aromatic carbocycles. The van der Waals surface area contributed by atoms with Gasteiger partial charge < -0.3 is 4.74 Å². The highest BCUT2D eigenvalue weighted by atomic mass is 19.4. The minimum absolute atomic E-state index is 0.244. The van der Waals surface area contributed by atoms with Crippen molar-refractivity contribution >= 4 is 0 Å². The van der Waals surface area contributed by atoms with Crippen molar-refractivity contribution in [3.05, 3.63) is 0 Å². The Morgan fingerprint density at radius 3 is 1.64 bits per heavy atom. The van der Waals surface area contributed by atoms with Crippen molar-refractivity contribution in [1.82, 2.24) is 0 Å². The van der Waals surface area contributed by atoms with Crippen LogP contribution in [0.15, 0.2) is 0 Å². The summed E-state index contributed by atoms with van der Waals surface area (Å²) in [6.07, 6.45) is -5.06. The quantitative estimate of drug-likeness (QED) is 0.547. The highest BCUT2D eigenvalue weighted by molar-refractivity contribution is 4.97. The van der Waals surface area contributed by atoms with E-state index >= 15 is 0 Å². The number of epoxide rings is 1. The second kappa shape index (κ2) is 2.12. The highest BCUT2D eigenvalue weighted by Gasteiger charge is 2.60. The molecule has 1 heterocycles. The largest absolute Gasteiger partial charge is 0.396 e. The van der Waals surface area contributed by atoms with Crippen LogP contribution in [-0.4, -0.2) is 18.4 Å². The van der Waals surface area contributed by atoms with Gasteiger partial charge in [-0.1, -0.05) is 0 Å². The van der Waals surface area contributed by atoms with Gasteiger partial charge in [0.05, 0.1) is 17.6 Å². The fraction of sp³-hybridized carbons (Fsp3) is 1.00. The highest BCUT2D eigenvalue weighted by Crippen LogP contribution is 2.48. The molecular formula is C7H11F3O. The van der Waals surface area contributed by atoms with Gasteiger partial charge in [0.15, 0.2) is 0 Å². The zero-order valence-corrected chi connectivity index (χ0v) is 6.70. The van der Waals surface area contributed by atoms with Crippen LogP contribution in [0.2, 0.25) is 0 Å². The summed E-state index contributed by atoms with van der Waals surface area (Å²) >= 11 is 0. The molecule has 0 N–H and O–H groups in total. The normalized spacial score (nSPS) is 32.2. The number of ether oxygens (including phenoxy) is 1. The summed E-state index contributed by atoms with van der Waals surface area (Å²) in [5, 5.41) is 0. The Morgan fingerprint density at radius 2 is 1.55 bits per heavy atom. The number of hydrogen-bond acceptors (Lipinski definition) is 1. The fourth-order valence-electron chi connectivity index (χ4n) is 1.10. The molecule has 66 valence electrons. The van der Waals surface area contributed by atoms with Gasteiger partial charge in [0, 0.05) is 0 Å². The number of alkyl halides is 3. The molecule has 4 heteroatoms. The number of rotatable bonds is 1. The summed E-state index contributed by atoms with van der Waals surface area (Å²) in [5.41, 5.74) is -1.70. The summed E-state index contributed by atoms with van der Waals surface area (Å²) in [7, 11) is 0. The van der Waals surface area contributed by atoms with Gasteiger partial charge in [-0.25, -0.2) is 0 Å². The van der Waals surface area contributed by atoms with E-state index in [2.05, 4.69) is 0 Å². The van der Waals surface area contributed by atoms with E-state index in [9.17, 15) is 13.2 Å². The van der Waals surface area contributed by atoms with E-state index < -0.39 is 17.7 Å². The van der Waals surface area contributed by atoms with Gasteiger partial charge in [-0.2, -0.15) is 13.2 Å². The second-order valence-corrected chi connectivity index (χ2v) is 3.48. The Hall–Kier alpha value is -0.250. The number of halogens is 3. The van der Waals surface area contributed by atoms with E-state index in [1.165, 1.54) is 13.8 Å². The lowest BCUT2D eigenvalue weighted by molar-refractivity contribution is -0.217. The molecule has 0 radical (unpaired) electrons. The smallest absolute Gasteiger partial charge is 0.369 e. The minimum Gasteiger partial charge on any atom is -0.369 e. The molecule has 0 aromatic rings. The van der Waals surface area contributed by atoms with Crippen molar-refractivity contribution in [2.45, 2.75) is 39.2 Å². The van der Waals surface area contributed by atoms with Gasteiger partial charge in [-0.05, 0) is 20.8 Å². The van der Waals surface area contributed by atoms with Crippen LogP contribution in [0.25, 0.3) is 0 Å². The van der Waals surface area contributed by atoms with Crippen molar-refractivity contribution in [3.8, 4) is 0 Å². The Labute approximate surface area is 63.5 Å². The average Bonchev–Trinajstić information content (AvgIpc) is 2.43. The molecule has 1 rings (SSSR count). The predicted octanol–water partition coefficient (Wildman–Crippen LogP) is 2.36. The van der Waals surface area contributed by atoms with Crippen LogP contribution in [0.5, 0.6) is 0 Å². The Balaban J connectivity index is 2.67. The van der Waals surface area contributed by atoms with Crippen molar-refractivity contribution in [1.29, 1.82) is 0 Å². The first-order chi connectivity index (χ1) is 4.77. The Bertz CT molecular complexity index is 162. The van der Waals surface area contributed by atoms with Crippen LogP contribution in [0.3, 0.4) is 0 Å². The third-order valence-electron chi connectivity index (χ3n) is 2.15. The molecule has 0 spiro atoms. The molecule has 0 amide bonds. The Kier molecular flexibility index (Phi) is 1.71. The van der Waals surface area contributed by atoms with Gasteiger partial charge in [0.1, 0.15) is 0 Å². The molecule has 2 unspecified atom stereocenters. The fourth-order valence-corrected chi connectivity index (χ4v) is 1.10. The van der Waals surface area contributed by atoms with Gasteiger partial charge in [-0.3, -0.25) is 0 Å². The van der Waals surface area contributed by atoms with Gasteiger partial charge in [0.2, 0.25) is 0 Å². The summed E-state index contributed by atoms with van der Waals surface area (Å²) in [4.78, 5) is 0. The lowest BCUT2D eigenvalue weighted by atomic mass is 9.87. The van der Waals surface area contributed by atoms with E-state index in [4.69, 9.17) is 4.74 Å². The zero-order valence-electron chi connectivity index (χ0n) is 6.70. The SMILES string of the molecule is CC1OC1C(C)(C)C(F)(F)F. The summed E-state index contributed by atoms with van der Waals surface area (Å²) in [6.45, 7) is 3.99. The van der Waals surface area contributed by atoms with Crippen LogP contribution in [0.1, 0.15) is 20.8 Å². The molecule has 11 heavy (non-hydrogen) atoms. The lowest BCUT2D eigenvalue weighted by Gasteiger charge is -2.25. The summed E-state index contributed by atoms with van der Waals surface area (Å²) < 4.78 is 41.4. The van der Waals surface area contributed by atoms with E-state index in [1.54, 1.807) is 6.92 Å². The number of hydrogen-bond donors (Lipinski definition) is 0. The molecule has 1 fully saturated rings. The summed E-state index contributed by atoms with van der Waals surface area (Å²) in [6, 6.07) is 0. The van der Waals surface area contributed by atoms with E-state index in [-0.39, 0.29) is 6.10 Å². The molecule has 0 aliphatic carbocycles. The first-order valence-corrected chi connectivity index (χ1v) is 3.49. The maximum Gasteiger partial charge on any atom is 0.396 e. The first kappa shape index (κ1) is 8.84. The maximum atomic E-state index is 12.2. The second-order valence-electron chi connectivity index (χ2n) is 3.48. The standard InChI is InChI=1S/C7H11F3O/c1-4-5(11-4)6(2,3)7(8,9)10/h4-5H,1-3H3. The van der Waals surface area contributed by atoms with Crippen LogP contribution in [0.4, 0.5) is 13.2 Å². The monoisotopic (exact) mass is 168 g/mol. The van der Waals surface area contributed by atoms with Crippen molar-refractivity contribution in [2.24, 2.45) is 5.41 Å². The van der Waals surface area contributed by atoms with Crippen molar-refractivity contribution in [2.75, 3.05) is 0 Å². The zero-order chi connectivity index (χ0) is 8.86. The third kappa shape index (κ3) is 1.36. The van der Waals surface area contributed by atoms with Crippen molar-refractivity contribution in [3.63, 3.8) is 0 Å². The minimum atomic E-state index is -4.16. The molecule has 1 saturated heterocycles. The molecule has 0 aromatic heterocycles. The van der Waals surface area contributed by atoms with E-state index in [0.717, 1.165) is 0 Å². The van der Waals surface area contributed by atoms with Gasteiger partial charge >= 0.3 is 6.18 Å². The van der Waals surface area contributed by atoms with Crippen LogP contribution < -0.4 is 0 Å². The molecule has 0 saturated carbocycles. The average molecular weight is 168 g/mol. The third-order valence-corrected chi connectivity index (χ3v) is 2.15. The molecule has 1 aliphatic heterocycles.